The molecule has 1 atom stereocenters. The molecule has 4 rings (SSSR count). The van der Waals surface area contributed by atoms with Crippen LogP contribution in [0, 0.1) is 0 Å². The van der Waals surface area contributed by atoms with E-state index < -0.39 is 0 Å². The van der Waals surface area contributed by atoms with Crippen LogP contribution in [0.5, 0.6) is 11.5 Å². The van der Waals surface area contributed by atoms with Crippen molar-refractivity contribution in [3.8, 4) is 11.5 Å². The molecule has 0 radical (unpaired) electrons. The Hall–Kier alpha value is -2.60. The van der Waals surface area contributed by atoms with Crippen LogP contribution in [0.3, 0.4) is 0 Å². The smallest absolute Gasteiger partial charge is 0.254 e. The van der Waals surface area contributed by atoms with Crippen molar-refractivity contribution in [2.45, 2.75) is 25.8 Å². The Labute approximate surface area is 162 Å². The predicted molar refractivity (Wildman–Crippen MR) is 107 cm³/mol. The van der Waals surface area contributed by atoms with Crippen LogP contribution >= 0.6 is 11.3 Å². The van der Waals surface area contributed by atoms with E-state index in [1.165, 1.54) is 0 Å². The summed E-state index contributed by atoms with van der Waals surface area (Å²) >= 11 is 1.68. The number of aromatic nitrogens is 1. The molecule has 1 aliphatic heterocycles. The number of nitrogens with zero attached hydrogens (tertiary/aromatic N) is 2. The summed E-state index contributed by atoms with van der Waals surface area (Å²) in [5.74, 6) is 1.25. The summed E-state index contributed by atoms with van der Waals surface area (Å²) in [6.07, 6.45) is 1.93. The van der Waals surface area contributed by atoms with Crippen molar-refractivity contribution in [2.75, 3.05) is 20.3 Å². The second-order valence-electron chi connectivity index (χ2n) is 6.48. The van der Waals surface area contributed by atoms with Crippen molar-refractivity contribution in [1.82, 2.24) is 9.88 Å². The molecule has 5 nitrogen and oxygen atoms in total. The summed E-state index contributed by atoms with van der Waals surface area (Å²) in [6, 6.07) is 13.5. The predicted octanol–water partition coefficient (Wildman–Crippen LogP) is 4.68. The van der Waals surface area contributed by atoms with E-state index >= 15 is 0 Å². The molecule has 1 fully saturated rings. The number of amides is 1. The SMILES string of the molecule is CCOc1ccc(C(=O)N2CCCC2c2nc3ccccc3s2)cc1OC. The standard InChI is InChI=1S/C21H22N2O3S/c1-3-26-17-11-10-14(13-18(17)25-2)21(24)23-12-6-8-16(23)20-22-15-7-4-5-9-19(15)27-20/h4-5,7,9-11,13,16H,3,6,8,12H2,1-2H3. The molecule has 1 aliphatic rings. The Kier molecular flexibility index (Phi) is 4.99. The summed E-state index contributed by atoms with van der Waals surface area (Å²) in [6.45, 7) is 3.22. The quantitative estimate of drug-likeness (QED) is 0.643. The van der Waals surface area contributed by atoms with Gasteiger partial charge in [0.05, 0.1) is 30.0 Å². The third-order valence-electron chi connectivity index (χ3n) is 4.82. The number of thiazole rings is 1. The van der Waals surface area contributed by atoms with E-state index in [9.17, 15) is 4.79 Å². The molecule has 1 amide bonds. The zero-order chi connectivity index (χ0) is 18.8. The number of hydrogen-bond acceptors (Lipinski definition) is 5. The molecule has 2 aromatic carbocycles. The topological polar surface area (TPSA) is 51.7 Å². The first-order valence-electron chi connectivity index (χ1n) is 9.18. The van der Waals surface area contributed by atoms with Gasteiger partial charge in [0, 0.05) is 12.1 Å². The van der Waals surface area contributed by atoms with Gasteiger partial charge in [-0.05, 0) is 50.1 Å². The van der Waals surface area contributed by atoms with Crippen LogP contribution in [-0.4, -0.2) is 36.1 Å². The number of rotatable bonds is 5. The molecule has 27 heavy (non-hydrogen) atoms. The normalized spacial score (nSPS) is 16.7. The van der Waals surface area contributed by atoms with Crippen molar-refractivity contribution in [3.63, 3.8) is 0 Å². The third kappa shape index (κ3) is 3.37. The number of para-hydroxylation sites is 1. The van der Waals surface area contributed by atoms with Crippen LogP contribution in [0.4, 0.5) is 0 Å². The van der Waals surface area contributed by atoms with Gasteiger partial charge in [-0.3, -0.25) is 4.79 Å². The van der Waals surface area contributed by atoms with Gasteiger partial charge in [0.15, 0.2) is 11.5 Å². The minimum Gasteiger partial charge on any atom is -0.493 e. The molecule has 2 heterocycles. The van der Waals surface area contributed by atoms with E-state index in [4.69, 9.17) is 14.5 Å². The van der Waals surface area contributed by atoms with Crippen molar-refractivity contribution >= 4 is 27.5 Å². The molecule has 0 spiro atoms. The zero-order valence-corrected chi connectivity index (χ0v) is 16.3. The molecule has 1 aromatic heterocycles. The largest absolute Gasteiger partial charge is 0.493 e. The van der Waals surface area contributed by atoms with E-state index in [1.54, 1.807) is 30.6 Å². The van der Waals surface area contributed by atoms with Gasteiger partial charge in [-0.15, -0.1) is 11.3 Å². The fourth-order valence-corrected chi connectivity index (χ4v) is 4.66. The highest BCUT2D eigenvalue weighted by molar-refractivity contribution is 7.18. The Balaban J connectivity index is 1.62. The summed E-state index contributed by atoms with van der Waals surface area (Å²) in [4.78, 5) is 19.9. The van der Waals surface area contributed by atoms with Crippen LogP contribution in [0.25, 0.3) is 10.2 Å². The molecule has 0 bridgehead atoms. The lowest BCUT2D eigenvalue weighted by Gasteiger charge is -2.23. The summed E-state index contributed by atoms with van der Waals surface area (Å²) in [5.41, 5.74) is 1.61. The van der Waals surface area contributed by atoms with E-state index in [0.717, 1.165) is 34.6 Å². The fraction of sp³-hybridized carbons (Fsp3) is 0.333. The summed E-state index contributed by atoms with van der Waals surface area (Å²) in [7, 11) is 1.59. The van der Waals surface area contributed by atoms with Crippen LogP contribution in [0.15, 0.2) is 42.5 Å². The van der Waals surface area contributed by atoms with Gasteiger partial charge >= 0.3 is 0 Å². The van der Waals surface area contributed by atoms with E-state index in [1.807, 2.05) is 36.1 Å². The number of fused-ring (bicyclic) bond motifs is 1. The number of likely N-dealkylation sites (tertiary alicyclic amines) is 1. The zero-order valence-electron chi connectivity index (χ0n) is 15.5. The molecular weight excluding hydrogens is 360 g/mol. The number of methoxy groups -OCH3 is 1. The maximum atomic E-state index is 13.2. The van der Waals surface area contributed by atoms with E-state index in [0.29, 0.717) is 23.7 Å². The first kappa shape index (κ1) is 17.8. The second-order valence-corrected chi connectivity index (χ2v) is 7.54. The monoisotopic (exact) mass is 382 g/mol. The molecular formula is C21H22N2O3S. The molecule has 3 aromatic rings. The average Bonchev–Trinajstić information content (AvgIpc) is 3.34. The third-order valence-corrected chi connectivity index (χ3v) is 5.96. The first-order chi connectivity index (χ1) is 13.2. The molecule has 0 saturated carbocycles. The number of ether oxygens (including phenoxy) is 2. The van der Waals surface area contributed by atoms with Crippen LogP contribution in [0.2, 0.25) is 0 Å². The lowest BCUT2D eigenvalue weighted by atomic mass is 10.1. The van der Waals surface area contributed by atoms with Crippen LogP contribution in [0.1, 0.15) is 41.2 Å². The molecule has 0 aliphatic carbocycles. The van der Waals surface area contributed by atoms with E-state index in [2.05, 4.69) is 6.07 Å². The van der Waals surface area contributed by atoms with Crippen molar-refractivity contribution in [2.24, 2.45) is 0 Å². The Morgan fingerprint density at radius 3 is 2.89 bits per heavy atom. The number of carbonyl (C=O) groups excluding carboxylic acids is 1. The molecule has 6 heteroatoms. The fourth-order valence-electron chi connectivity index (χ4n) is 3.54. The maximum Gasteiger partial charge on any atom is 0.254 e. The number of hydrogen-bond donors (Lipinski definition) is 0. The van der Waals surface area contributed by atoms with Crippen molar-refractivity contribution < 1.29 is 14.3 Å². The number of benzene rings is 2. The summed E-state index contributed by atoms with van der Waals surface area (Å²) < 4.78 is 12.1. The Morgan fingerprint density at radius 1 is 1.26 bits per heavy atom. The minimum absolute atomic E-state index is 0.0121. The van der Waals surface area contributed by atoms with Gasteiger partial charge in [-0.25, -0.2) is 4.98 Å². The van der Waals surface area contributed by atoms with Gasteiger partial charge in [0.1, 0.15) is 5.01 Å². The highest BCUT2D eigenvalue weighted by Gasteiger charge is 2.33. The minimum atomic E-state index is 0.0121. The highest BCUT2D eigenvalue weighted by atomic mass is 32.1. The van der Waals surface area contributed by atoms with Gasteiger partial charge < -0.3 is 14.4 Å². The second kappa shape index (κ2) is 7.56. The Bertz CT molecular complexity index is 936. The Morgan fingerprint density at radius 2 is 2.11 bits per heavy atom. The molecule has 140 valence electrons. The average molecular weight is 382 g/mol. The lowest BCUT2D eigenvalue weighted by Crippen LogP contribution is -2.30. The molecule has 1 unspecified atom stereocenters. The first-order valence-corrected chi connectivity index (χ1v) is 10.00. The molecule has 1 saturated heterocycles. The number of carbonyl (C=O) groups is 1. The van der Waals surface area contributed by atoms with Crippen LogP contribution < -0.4 is 9.47 Å². The van der Waals surface area contributed by atoms with Gasteiger partial charge in [-0.1, -0.05) is 12.1 Å². The van der Waals surface area contributed by atoms with E-state index in [-0.39, 0.29) is 11.9 Å². The summed E-state index contributed by atoms with van der Waals surface area (Å²) in [5, 5.41) is 1.01. The maximum absolute atomic E-state index is 13.2. The van der Waals surface area contributed by atoms with Gasteiger partial charge in [-0.2, -0.15) is 0 Å². The van der Waals surface area contributed by atoms with Gasteiger partial charge in [0.2, 0.25) is 0 Å². The van der Waals surface area contributed by atoms with Crippen molar-refractivity contribution in [3.05, 3.63) is 53.0 Å². The molecule has 0 N–H and O–H groups in total. The lowest BCUT2D eigenvalue weighted by molar-refractivity contribution is 0.0735. The highest BCUT2D eigenvalue weighted by Crippen LogP contribution is 2.38. The van der Waals surface area contributed by atoms with Crippen LogP contribution in [-0.2, 0) is 0 Å². The van der Waals surface area contributed by atoms with Gasteiger partial charge in [0.25, 0.3) is 5.91 Å². The van der Waals surface area contributed by atoms with Crippen molar-refractivity contribution in [1.29, 1.82) is 0 Å².